The highest BCUT2D eigenvalue weighted by Gasteiger charge is 2.21. The molecule has 0 amide bonds. The van der Waals surface area contributed by atoms with Gasteiger partial charge in [-0.3, -0.25) is 9.78 Å². The van der Waals surface area contributed by atoms with Crippen LogP contribution in [0.2, 0.25) is 5.02 Å². The summed E-state index contributed by atoms with van der Waals surface area (Å²) in [6, 6.07) is 9.80. The summed E-state index contributed by atoms with van der Waals surface area (Å²) in [4.78, 5) is 17.8. The second-order valence-electron chi connectivity index (χ2n) is 9.29. The van der Waals surface area contributed by atoms with E-state index in [9.17, 15) is 9.90 Å². The average molecular weight is 467 g/mol. The molecule has 2 N–H and O–H groups in total. The molecular formula is C27H31ClN2O3. The number of rotatable bonds is 7. The number of hydrogen-bond donors (Lipinski definition) is 2. The summed E-state index contributed by atoms with van der Waals surface area (Å²) in [6.07, 6.45) is 8.08. The van der Waals surface area contributed by atoms with Gasteiger partial charge in [0.1, 0.15) is 0 Å². The molecule has 2 aromatic carbocycles. The molecule has 0 atom stereocenters. The molecule has 1 aliphatic carbocycles. The lowest BCUT2D eigenvalue weighted by Crippen LogP contribution is -2.24. The number of fused-ring (bicyclic) bond motifs is 1. The Morgan fingerprint density at radius 3 is 2.64 bits per heavy atom. The van der Waals surface area contributed by atoms with Gasteiger partial charge < -0.3 is 15.2 Å². The molecule has 1 aromatic heterocycles. The van der Waals surface area contributed by atoms with Crippen LogP contribution < -0.4 is 10.1 Å². The number of ether oxygens (including phenoxy) is 1. The van der Waals surface area contributed by atoms with Crippen LogP contribution in [0.3, 0.4) is 0 Å². The maximum Gasteiger partial charge on any atom is 0.176 e. The van der Waals surface area contributed by atoms with Crippen LogP contribution in [0.4, 0.5) is 5.69 Å². The van der Waals surface area contributed by atoms with Crippen LogP contribution in [0.15, 0.2) is 36.5 Å². The van der Waals surface area contributed by atoms with Gasteiger partial charge >= 0.3 is 0 Å². The summed E-state index contributed by atoms with van der Waals surface area (Å²) in [6.45, 7) is 4.11. The minimum atomic E-state index is -0.0772. The molecule has 0 aliphatic heterocycles. The number of carbonyl (C=O) groups excluding carboxylic acids is 1. The number of aromatic hydroxyl groups is 1. The van der Waals surface area contributed by atoms with Crippen molar-refractivity contribution in [3.05, 3.63) is 47.1 Å². The van der Waals surface area contributed by atoms with E-state index in [1.54, 1.807) is 18.3 Å². The van der Waals surface area contributed by atoms with E-state index in [1.165, 1.54) is 26.4 Å². The van der Waals surface area contributed by atoms with Crippen LogP contribution in [0, 0.1) is 5.92 Å². The molecule has 0 bridgehead atoms. The van der Waals surface area contributed by atoms with Crippen LogP contribution in [-0.2, 0) is 0 Å². The minimum absolute atomic E-state index is 0.0772. The summed E-state index contributed by atoms with van der Waals surface area (Å²) in [7, 11) is 1.50. The van der Waals surface area contributed by atoms with Gasteiger partial charge in [-0.05, 0) is 54.2 Å². The molecule has 174 valence electrons. The van der Waals surface area contributed by atoms with Crippen LogP contribution in [0.25, 0.3) is 22.0 Å². The van der Waals surface area contributed by atoms with Crippen molar-refractivity contribution in [2.45, 2.75) is 58.4 Å². The third-order valence-corrected chi connectivity index (χ3v) is 6.59. The molecule has 5 nitrogen and oxygen atoms in total. The largest absolute Gasteiger partial charge is 0.503 e. The number of phenols is 1. The molecule has 3 aromatic rings. The fourth-order valence-corrected chi connectivity index (χ4v) is 4.78. The number of Topliss-reactive ketones (excluding diaryl/α,β-unsaturated/α-hetero) is 1. The van der Waals surface area contributed by atoms with Gasteiger partial charge in [-0.1, -0.05) is 50.8 Å². The topological polar surface area (TPSA) is 71.5 Å². The number of ketones is 1. The van der Waals surface area contributed by atoms with Gasteiger partial charge in [-0.25, -0.2) is 0 Å². The van der Waals surface area contributed by atoms with Crippen molar-refractivity contribution in [2.75, 3.05) is 12.4 Å². The van der Waals surface area contributed by atoms with Crippen molar-refractivity contribution in [3.8, 4) is 22.6 Å². The van der Waals surface area contributed by atoms with Crippen molar-refractivity contribution in [2.24, 2.45) is 5.92 Å². The Bertz CT molecular complexity index is 1170. The number of phenolic OH excluding ortho intramolecular Hbond substituents is 1. The van der Waals surface area contributed by atoms with Gasteiger partial charge in [-0.15, -0.1) is 0 Å². The number of benzene rings is 2. The van der Waals surface area contributed by atoms with Gasteiger partial charge in [0.15, 0.2) is 17.3 Å². The van der Waals surface area contributed by atoms with Crippen molar-refractivity contribution in [3.63, 3.8) is 0 Å². The molecule has 0 radical (unpaired) electrons. The summed E-state index contributed by atoms with van der Waals surface area (Å²) in [5.41, 5.74) is 4.08. The third-order valence-electron chi connectivity index (χ3n) is 6.30. The second-order valence-corrected chi connectivity index (χ2v) is 9.70. The van der Waals surface area contributed by atoms with E-state index in [1.807, 2.05) is 18.2 Å². The first kappa shape index (κ1) is 23.4. The van der Waals surface area contributed by atoms with Gasteiger partial charge in [0, 0.05) is 24.0 Å². The molecule has 1 fully saturated rings. The Balaban J connectivity index is 1.85. The Morgan fingerprint density at radius 2 is 1.94 bits per heavy atom. The third kappa shape index (κ3) is 5.09. The van der Waals surface area contributed by atoms with Crippen LogP contribution >= 0.6 is 11.6 Å². The van der Waals surface area contributed by atoms with Crippen LogP contribution in [0.5, 0.6) is 11.5 Å². The van der Waals surface area contributed by atoms with Crippen LogP contribution in [0.1, 0.15) is 62.7 Å². The Labute approximate surface area is 200 Å². The number of methoxy groups -OCH3 is 1. The quantitative estimate of drug-likeness (QED) is 0.359. The summed E-state index contributed by atoms with van der Waals surface area (Å²) in [5.74, 6) is 0.620. The van der Waals surface area contributed by atoms with Crippen molar-refractivity contribution < 1.29 is 14.6 Å². The highest BCUT2D eigenvalue weighted by molar-refractivity contribution is 6.32. The first-order valence-electron chi connectivity index (χ1n) is 11.7. The Morgan fingerprint density at radius 1 is 1.18 bits per heavy atom. The predicted molar refractivity (Wildman–Crippen MR) is 135 cm³/mol. The Hall–Kier alpha value is -2.79. The SMILES string of the molecule is COc1cc(-c2ccc3ncc(C(=O)CC(C)C)c(NC4CCCCC4)c3c2)cc(Cl)c1O. The summed E-state index contributed by atoms with van der Waals surface area (Å²) < 4.78 is 5.28. The van der Waals surface area contributed by atoms with Gasteiger partial charge in [0.05, 0.1) is 28.9 Å². The number of hydrogen-bond acceptors (Lipinski definition) is 5. The van der Waals surface area contributed by atoms with E-state index >= 15 is 0 Å². The zero-order valence-corrected chi connectivity index (χ0v) is 20.2. The van der Waals surface area contributed by atoms with Crippen LogP contribution in [-0.4, -0.2) is 29.0 Å². The molecule has 6 heteroatoms. The smallest absolute Gasteiger partial charge is 0.176 e. The molecule has 1 heterocycles. The van der Waals surface area contributed by atoms with E-state index in [2.05, 4.69) is 24.1 Å². The first-order valence-corrected chi connectivity index (χ1v) is 12.0. The minimum Gasteiger partial charge on any atom is -0.503 e. The lowest BCUT2D eigenvalue weighted by molar-refractivity contribution is 0.0968. The number of pyridine rings is 1. The maximum absolute atomic E-state index is 13.1. The predicted octanol–water partition coefficient (Wildman–Crippen LogP) is 7.24. The number of carbonyl (C=O) groups is 1. The number of anilines is 1. The number of aromatic nitrogens is 1. The number of halogens is 1. The average Bonchev–Trinajstić information content (AvgIpc) is 2.80. The zero-order valence-electron chi connectivity index (χ0n) is 19.5. The van der Waals surface area contributed by atoms with Gasteiger partial charge in [-0.2, -0.15) is 0 Å². The second kappa shape index (κ2) is 10.0. The zero-order chi connectivity index (χ0) is 23.5. The molecule has 4 rings (SSSR count). The number of nitrogens with zero attached hydrogens (tertiary/aromatic N) is 1. The van der Waals surface area contributed by atoms with E-state index in [0.717, 1.165) is 40.6 Å². The number of nitrogens with one attached hydrogen (secondary N) is 1. The Kier molecular flexibility index (Phi) is 7.08. The maximum atomic E-state index is 13.1. The van der Waals surface area contributed by atoms with E-state index in [4.69, 9.17) is 16.3 Å². The van der Waals surface area contributed by atoms with E-state index in [-0.39, 0.29) is 22.5 Å². The van der Waals surface area contributed by atoms with E-state index < -0.39 is 0 Å². The standard InChI is InChI=1S/C27H31ClN2O3/c1-16(2)11-24(31)21-15-29-23-10-9-17(18-13-22(28)27(32)25(14-18)33-3)12-20(23)26(21)30-19-7-5-4-6-8-19/h9-10,12-16,19,32H,4-8,11H2,1-3H3,(H,29,30). The normalized spacial score (nSPS) is 14.6. The molecule has 1 aliphatic rings. The van der Waals surface area contributed by atoms with Crippen molar-refractivity contribution >= 4 is 34.0 Å². The lowest BCUT2D eigenvalue weighted by Gasteiger charge is -2.26. The van der Waals surface area contributed by atoms with Gasteiger partial charge in [0.2, 0.25) is 0 Å². The molecular weight excluding hydrogens is 436 g/mol. The molecule has 1 saturated carbocycles. The summed E-state index contributed by atoms with van der Waals surface area (Å²) >= 11 is 6.24. The van der Waals surface area contributed by atoms with Crippen molar-refractivity contribution in [1.29, 1.82) is 0 Å². The monoisotopic (exact) mass is 466 g/mol. The fourth-order valence-electron chi connectivity index (χ4n) is 4.57. The highest BCUT2D eigenvalue weighted by Crippen LogP contribution is 2.40. The highest BCUT2D eigenvalue weighted by atomic mass is 35.5. The van der Waals surface area contributed by atoms with E-state index in [0.29, 0.717) is 23.8 Å². The summed E-state index contributed by atoms with van der Waals surface area (Å²) in [5, 5.41) is 15.0. The lowest BCUT2D eigenvalue weighted by atomic mass is 9.93. The molecule has 0 spiro atoms. The molecule has 0 saturated heterocycles. The van der Waals surface area contributed by atoms with Gasteiger partial charge in [0.25, 0.3) is 0 Å². The molecule has 33 heavy (non-hydrogen) atoms. The molecule has 0 unspecified atom stereocenters. The first-order chi connectivity index (χ1) is 15.9. The fraction of sp³-hybridized carbons (Fsp3) is 0.407. The van der Waals surface area contributed by atoms with Crippen molar-refractivity contribution in [1.82, 2.24) is 4.98 Å².